The van der Waals surface area contributed by atoms with E-state index in [0.29, 0.717) is 6.54 Å². The molecule has 0 atom stereocenters. The molecular formula is C32H46N2O3S. The lowest BCUT2D eigenvalue weighted by atomic mass is 9.63. The van der Waals surface area contributed by atoms with Crippen LogP contribution < -0.4 is 0 Å². The summed E-state index contributed by atoms with van der Waals surface area (Å²) in [5.74, 6) is -0.277. The molecule has 0 N–H and O–H groups in total. The molecule has 2 aromatic rings. The number of carbonyl (C=O) groups is 2. The molecule has 1 aromatic heterocycles. The van der Waals surface area contributed by atoms with Gasteiger partial charge in [-0.2, -0.15) is 0 Å². The van der Waals surface area contributed by atoms with Crippen molar-refractivity contribution in [3.05, 3.63) is 45.8 Å². The second kappa shape index (κ2) is 12.3. The summed E-state index contributed by atoms with van der Waals surface area (Å²) >= 11 is 1.66. The number of carbonyl (C=O) groups excluding carboxylic acids is 2. The minimum atomic E-state index is -0.728. The molecule has 0 aliphatic heterocycles. The van der Waals surface area contributed by atoms with Crippen LogP contribution in [0.4, 0.5) is 0 Å². The van der Waals surface area contributed by atoms with E-state index in [2.05, 4.69) is 75.2 Å². The summed E-state index contributed by atoms with van der Waals surface area (Å²) in [7, 11) is 1.36. The Balaban J connectivity index is 1.62. The standard InChI is InChI=1S/C32H46N2O3S/c1-9-17-34(21-27(35)32(6,7)20-29(36)37-8)18-11-10-12-28-33-26(22-38-28)23-13-14-24-25(19-23)31(4,5)16-15-30(24,2)3/h10,12-14,19,22H,9,11,15-18,20-21H2,1-8H3/b12-10+. The highest BCUT2D eigenvalue weighted by atomic mass is 32.1. The Kier molecular flexibility index (Phi) is 9.75. The molecule has 38 heavy (non-hydrogen) atoms. The van der Waals surface area contributed by atoms with E-state index >= 15 is 0 Å². The van der Waals surface area contributed by atoms with E-state index in [1.165, 1.54) is 36.6 Å². The van der Waals surface area contributed by atoms with Gasteiger partial charge >= 0.3 is 5.97 Å². The molecule has 0 spiro atoms. The van der Waals surface area contributed by atoms with Crippen LogP contribution in [0.1, 0.15) is 96.7 Å². The van der Waals surface area contributed by atoms with Crippen LogP contribution in [0, 0.1) is 5.41 Å². The number of fused-ring (bicyclic) bond motifs is 1. The number of benzene rings is 1. The van der Waals surface area contributed by atoms with Crippen LogP contribution in [0.3, 0.4) is 0 Å². The molecule has 0 radical (unpaired) electrons. The maximum atomic E-state index is 12.9. The van der Waals surface area contributed by atoms with Gasteiger partial charge in [0.2, 0.25) is 0 Å². The third kappa shape index (κ3) is 7.41. The normalized spacial score (nSPS) is 16.6. The number of aromatic nitrogens is 1. The highest BCUT2D eigenvalue weighted by molar-refractivity contribution is 7.10. The number of methoxy groups -OCH3 is 1. The summed E-state index contributed by atoms with van der Waals surface area (Å²) < 4.78 is 4.76. The Morgan fingerprint density at radius 2 is 1.79 bits per heavy atom. The van der Waals surface area contributed by atoms with E-state index in [-0.39, 0.29) is 29.0 Å². The zero-order valence-corrected chi connectivity index (χ0v) is 25.5. The van der Waals surface area contributed by atoms with Crippen molar-refractivity contribution < 1.29 is 14.3 Å². The van der Waals surface area contributed by atoms with Crippen molar-refractivity contribution >= 4 is 29.2 Å². The van der Waals surface area contributed by atoms with Gasteiger partial charge in [-0.15, -0.1) is 11.3 Å². The lowest BCUT2D eigenvalue weighted by Gasteiger charge is -2.42. The van der Waals surface area contributed by atoms with Gasteiger partial charge in [-0.1, -0.05) is 66.7 Å². The number of hydrogen-bond acceptors (Lipinski definition) is 6. The number of hydrogen-bond donors (Lipinski definition) is 0. The molecule has 0 amide bonds. The van der Waals surface area contributed by atoms with Gasteiger partial charge < -0.3 is 4.74 Å². The quantitative estimate of drug-likeness (QED) is 0.263. The monoisotopic (exact) mass is 538 g/mol. The van der Waals surface area contributed by atoms with Crippen LogP contribution >= 0.6 is 11.3 Å². The van der Waals surface area contributed by atoms with Crippen LogP contribution in [-0.4, -0.2) is 48.4 Å². The number of ether oxygens (including phenoxy) is 1. The van der Waals surface area contributed by atoms with Crippen LogP contribution in [-0.2, 0) is 25.2 Å². The first kappa shape index (κ1) is 30.2. The molecule has 0 bridgehead atoms. The molecule has 1 aromatic carbocycles. The Bertz CT molecular complexity index is 1160. The first-order valence-electron chi connectivity index (χ1n) is 13.9. The molecule has 208 valence electrons. The number of nitrogens with zero attached hydrogens (tertiary/aromatic N) is 2. The first-order chi connectivity index (χ1) is 17.8. The predicted octanol–water partition coefficient (Wildman–Crippen LogP) is 7.43. The van der Waals surface area contributed by atoms with Crippen LogP contribution in [0.2, 0.25) is 0 Å². The molecule has 0 saturated carbocycles. The molecule has 6 heteroatoms. The summed E-state index contributed by atoms with van der Waals surface area (Å²) in [5.41, 5.74) is 4.81. The summed E-state index contributed by atoms with van der Waals surface area (Å²) in [6, 6.07) is 6.91. The third-order valence-electron chi connectivity index (χ3n) is 8.02. The van der Waals surface area contributed by atoms with Crippen molar-refractivity contribution in [1.29, 1.82) is 0 Å². The van der Waals surface area contributed by atoms with Gasteiger partial charge in [0, 0.05) is 22.9 Å². The maximum Gasteiger partial charge on any atom is 0.306 e. The summed E-state index contributed by atoms with van der Waals surface area (Å²) in [5, 5.41) is 3.14. The Hall–Kier alpha value is -2.31. The highest BCUT2D eigenvalue weighted by Gasteiger charge is 2.37. The maximum absolute atomic E-state index is 12.9. The van der Waals surface area contributed by atoms with E-state index in [4.69, 9.17) is 9.72 Å². The van der Waals surface area contributed by atoms with Crippen LogP contribution in [0.5, 0.6) is 0 Å². The SMILES string of the molecule is CCCN(CC/C=C/c1nc(-c2ccc3c(c2)C(C)(C)CCC3(C)C)cs1)CC(=O)C(C)(C)CC(=O)OC. The fourth-order valence-corrected chi connectivity index (χ4v) is 5.97. The molecule has 0 unspecified atom stereocenters. The average molecular weight is 539 g/mol. The van der Waals surface area contributed by atoms with E-state index in [1.807, 2.05) is 13.8 Å². The molecule has 1 aliphatic rings. The largest absolute Gasteiger partial charge is 0.469 e. The summed E-state index contributed by atoms with van der Waals surface area (Å²) in [4.78, 5) is 31.7. The molecule has 5 nitrogen and oxygen atoms in total. The molecule has 3 rings (SSSR count). The van der Waals surface area contributed by atoms with Gasteiger partial charge in [-0.05, 0) is 66.3 Å². The van der Waals surface area contributed by atoms with E-state index in [1.54, 1.807) is 11.3 Å². The molecule has 1 aliphatic carbocycles. The fraction of sp³-hybridized carbons (Fsp3) is 0.594. The van der Waals surface area contributed by atoms with Crippen LogP contribution in [0.15, 0.2) is 29.7 Å². The highest BCUT2D eigenvalue weighted by Crippen LogP contribution is 2.46. The van der Waals surface area contributed by atoms with Crippen molar-refractivity contribution in [3.8, 4) is 11.3 Å². The van der Waals surface area contributed by atoms with Crippen molar-refractivity contribution in [3.63, 3.8) is 0 Å². The second-order valence-electron chi connectivity index (χ2n) is 12.6. The van der Waals surface area contributed by atoms with Crippen molar-refractivity contribution in [2.45, 2.75) is 91.4 Å². The smallest absolute Gasteiger partial charge is 0.306 e. The fourth-order valence-electron chi connectivity index (χ4n) is 5.22. The number of ketones is 1. The van der Waals surface area contributed by atoms with Gasteiger partial charge in [0.15, 0.2) is 5.78 Å². The number of esters is 1. The van der Waals surface area contributed by atoms with E-state index in [0.717, 1.165) is 36.6 Å². The summed E-state index contributed by atoms with van der Waals surface area (Å²) in [6.07, 6.45) is 8.56. The minimum Gasteiger partial charge on any atom is -0.469 e. The van der Waals surface area contributed by atoms with Gasteiger partial charge in [-0.3, -0.25) is 14.5 Å². The van der Waals surface area contributed by atoms with Gasteiger partial charge in [0.05, 0.1) is 25.8 Å². The predicted molar refractivity (Wildman–Crippen MR) is 159 cm³/mol. The first-order valence-corrected chi connectivity index (χ1v) is 14.8. The van der Waals surface area contributed by atoms with E-state index < -0.39 is 5.41 Å². The third-order valence-corrected chi connectivity index (χ3v) is 8.83. The number of thiazole rings is 1. The summed E-state index contributed by atoms with van der Waals surface area (Å²) in [6.45, 7) is 17.2. The number of Topliss-reactive ketones (excluding diaryl/α,β-unsaturated/α-hetero) is 1. The van der Waals surface area contributed by atoms with Gasteiger partial charge in [-0.25, -0.2) is 4.98 Å². The Morgan fingerprint density at radius 3 is 2.45 bits per heavy atom. The van der Waals surface area contributed by atoms with Crippen molar-refractivity contribution in [1.82, 2.24) is 9.88 Å². The second-order valence-corrected chi connectivity index (χ2v) is 13.5. The Labute approximate surface area is 233 Å². The van der Waals surface area contributed by atoms with E-state index in [9.17, 15) is 9.59 Å². The molecular weight excluding hydrogens is 492 g/mol. The lowest BCUT2D eigenvalue weighted by Crippen LogP contribution is -2.39. The van der Waals surface area contributed by atoms with Crippen molar-refractivity contribution in [2.75, 3.05) is 26.7 Å². The minimum absolute atomic E-state index is 0.0708. The lowest BCUT2D eigenvalue weighted by molar-refractivity contribution is -0.146. The van der Waals surface area contributed by atoms with Crippen molar-refractivity contribution in [2.24, 2.45) is 5.41 Å². The zero-order valence-electron chi connectivity index (χ0n) is 24.6. The number of rotatable bonds is 12. The van der Waals surface area contributed by atoms with Gasteiger partial charge in [0.25, 0.3) is 0 Å². The molecule has 0 fully saturated rings. The molecule has 1 heterocycles. The topological polar surface area (TPSA) is 59.5 Å². The van der Waals surface area contributed by atoms with Gasteiger partial charge in [0.1, 0.15) is 5.01 Å². The average Bonchev–Trinajstić information content (AvgIpc) is 3.33. The Morgan fingerprint density at radius 1 is 1.11 bits per heavy atom. The molecule has 0 saturated heterocycles. The zero-order chi connectivity index (χ0) is 28.1. The van der Waals surface area contributed by atoms with Crippen LogP contribution in [0.25, 0.3) is 17.3 Å².